The first-order chi connectivity index (χ1) is 12.0. The molecule has 126 valence electrons. The summed E-state index contributed by atoms with van der Waals surface area (Å²) in [6.07, 6.45) is 1.75. The lowest BCUT2D eigenvalue weighted by molar-refractivity contribution is 0.433. The van der Waals surface area contributed by atoms with Crippen molar-refractivity contribution in [1.82, 2.24) is 19.1 Å². The van der Waals surface area contributed by atoms with Crippen molar-refractivity contribution >= 4 is 11.9 Å². The van der Waals surface area contributed by atoms with E-state index in [0.29, 0.717) is 22.6 Å². The molecular formula is C18H17N5OS. The number of hydrogen-bond acceptors (Lipinski definition) is 6. The summed E-state index contributed by atoms with van der Waals surface area (Å²) in [5, 5.41) is 24.0. The molecule has 3 aromatic rings. The molecule has 1 N–H and O–H groups in total. The highest BCUT2D eigenvalue weighted by molar-refractivity contribution is 7.97. The summed E-state index contributed by atoms with van der Waals surface area (Å²) in [4.78, 5) is 5.39. The van der Waals surface area contributed by atoms with Gasteiger partial charge in [0.25, 0.3) is 0 Å². The third-order valence-corrected chi connectivity index (χ3v) is 4.38. The number of benzene rings is 1. The zero-order valence-corrected chi connectivity index (χ0v) is 14.9. The summed E-state index contributed by atoms with van der Waals surface area (Å²) in [5.74, 6) is 0.575. The molecule has 1 aromatic carbocycles. The van der Waals surface area contributed by atoms with E-state index in [-0.39, 0.29) is 5.88 Å². The number of rotatable bonds is 4. The lowest BCUT2D eigenvalue weighted by Crippen LogP contribution is -2.01. The topological polar surface area (TPSA) is 78.0 Å². The van der Waals surface area contributed by atoms with Gasteiger partial charge in [0.2, 0.25) is 5.88 Å². The van der Waals surface area contributed by atoms with E-state index in [1.165, 1.54) is 4.68 Å². The predicted octanol–water partition coefficient (Wildman–Crippen LogP) is 3.39. The van der Waals surface area contributed by atoms with Crippen molar-refractivity contribution in [2.75, 3.05) is 14.1 Å². The van der Waals surface area contributed by atoms with Gasteiger partial charge in [0.05, 0.1) is 22.9 Å². The van der Waals surface area contributed by atoms with Crippen molar-refractivity contribution in [3.63, 3.8) is 0 Å². The van der Waals surface area contributed by atoms with Crippen molar-refractivity contribution < 1.29 is 5.11 Å². The molecule has 0 amide bonds. The highest BCUT2D eigenvalue weighted by Gasteiger charge is 2.18. The molecule has 0 spiro atoms. The maximum atomic E-state index is 10.6. The fourth-order valence-corrected chi connectivity index (χ4v) is 3.14. The largest absolute Gasteiger partial charge is 0.493 e. The van der Waals surface area contributed by atoms with Crippen molar-refractivity contribution in [2.45, 2.75) is 11.8 Å². The van der Waals surface area contributed by atoms with E-state index in [0.717, 1.165) is 10.5 Å². The normalized spacial score (nSPS) is 10.8. The molecule has 3 rings (SSSR count). The molecule has 2 aromatic heterocycles. The van der Waals surface area contributed by atoms with Gasteiger partial charge >= 0.3 is 0 Å². The Labute approximate surface area is 150 Å². The first kappa shape index (κ1) is 17.0. The van der Waals surface area contributed by atoms with Gasteiger partial charge in [0.15, 0.2) is 5.82 Å². The minimum Gasteiger partial charge on any atom is -0.493 e. The van der Waals surface area contributed by atoms with Crippen LogP contribution in [0.3, 0.4) is 0 Å². The first-order valence-electron chi connectivity index (χ1n) is 7.60. The molecule has 0 saturated heterocycles. The molecule has 0 bridgehead atoms. The van der Waals surface area contributed by atoms with Crippen LogP contribution in [0.15, 0.2) is 47.5 Å². The van der Waals surface area contributed by atoms with Gasteiger partial charge < -0.3 is 5.11 Å². The van der Waals surface area contributed by atoms with E-state index in [2.05, 4.69) is 16.2 Å². The molecule has 0 radical (unpaired) electrons. The van der Waals surface area contributed by atoms with Crippen molar-refractivity contribution in [3.05, 3.63) is 53.9 Å². The van der Waals surface area contributed by atoms with Crippen LogP contribution in [-0.4, -0.2) is 38.3 Å². The van der Waals surface area contributed by atoms with Crippen molar-refractivity contribution in [1.29, 1.82) is 5.26 Å². The fraction of sp³-hybridized carbons (Fsp3) is 0.167. The third-order valence-electron chi connectivity index (χ3n) is 3.56. The molecule has 0 fully saturated rings. The number of aromatic hydroxyl groups is 1. The van der Waals surface area contributed by atoms with Gasteiger partial charge in [-0.3, -0.25) is 4.31 Å². The van der Waals surface area contributed by atoms with E-state index >= 15 is 0 Å². The smallest absolute Gasteiger partial charge is 0.223 e. The number of aromatic nitrogens is 3. The van der Waals surface area contributed by atoms with Crippen LogP contribution < -0.4 is 0 Å². The summed E-state index contributed by atoms with van der Waals surface area (Å²) in [6.45, 7) is 1.83. The number of hydrogen-bond donors (Lipinski definition) is 1. The van der Waals surface area contributed by atoms with Crippen LogP contribution in [0.1, 0.15) is 11.3 Å². The Morgan fingerprint density at radius 3 is 2.44 bits per heavy atom. The van der Waals surface area contributed by atoms with Crippen molar-refractivity contribution in [3.8, 4) is 28.9 Å². The van der Waals surface area contributed by atoms with E-state index in [4.69, 9.17) is 5.26 Å². The molecule has 6 nitrogen and oxygen atoms in total. The minimum atomic E-state index is 0.0303. The second-order valence-corrected chi connectivity index (χ2v) is 7.02. The Morgan fingerprint density at radius 1 is 1.16 bits per heavy atom. The van der Waals surface area contributed by atoms with Gasteiger partial charge in [-0.15, -0.1) is 0 Å². The van der Waals surface area contributed by atoms with Crippen molar-refractivity contribution in [2.24, 2.45) is 0 Å². The van der Waals surface area contributed by atoms with Gasteiger partial charge in [0.1, 0.15) is 0 Å². The van der Waals surface area contributed by atoms with Crippen LogP contribution in [0.5, 0.6) is 5.88 Å². The summed E-state index contributed by atoms with van der Waals surface area (Å²) in [7, 11) is 3.93. The second kappa shape index (κ2) is 6.97. The quantitative estimate of drug-likeness (QED) is 0.726. The van der Waals surface area contributed by atoms with E-state index in [1.807, 2.05) is 37.5 Å². The van der Waals surface area contributed by atoms with Gasteiger partial charge in [0, 0.05) is 11.1 Å². The van der Waals surface area contributed by atoms with E-state index < -0.39 is 0 Å². The average Bonchev–Trinajstić information content (AvgIpc) is 2.90. The Kier molecular flexibility index (Phi) is 4.74. The zero-order chi connectivity index (χ0) is 18.0. The molecular weight excluding hydrogens is 334 g/mol. The SMILES string of the molecule is Cc1nn(-c2ccc(SN(C)C)cn2)c(O)c1-c1ccc(C#N)cc1. The molecule has 0 aliphatic carbocycles. The molecule has 0 saturated carbocycles. The van der Waals surface area contributed by atoms with Gasteiger partial charge in [-0.05, 0) is 62.8 Å². The molecule has 7 heteroatoms. The van der Waals surface area contributed by atoms with Crippen LogP contribution >= 0.6 is 11.9 Å². The maximum absolute atomic E-state index is 10.6. The van der Waals surface area contributed by atoms with Crippen LogP contribution in [0.2, 0.25) is 0 Å². The lowest BCUT2D eigenvalue weighted by atomic mass is 10.0. The lowest BCUT2D eigenvalue weighted by Gasteiger charge is -2.08. The Bertz CT molecular complexity index is 924. The average molecular weight is 351 g/mol. The summed E-state index contributed by atoms with van der Waals surface area (Å²) in [5.41, 5.74) is 2.71. The Hall–Kier alpha value is -2.82. The fourth-order valence-electron chi connectivity index (χ4n) is 2.49. The standard InChI is InChI=1S/C18H17N5OS/c1-12-17(14-6-4-13(10-19)5-7-14)18(24)23(21-12)16-9-8-15(11-20-16)25-22(2)3/h4-9,11,24H,1-3H3. The monoisotopic (exact) mass is 351 g/mol. The molecule has 0 unspecified atom stereocenters. The van der Waals surface area contributed by atoms with Gasteiger partial charge in [-0.2, -0.15) is 15.0 Å². The van der Waals surface area contributed by atoms with Crippen LogP contribution in [0.25, 0.3) is 16.9 Å². The Morgan fingerprint density at radius 2 is 1.88 bits per heavy atom. The number of nitrogens with zero attached hydrogens (tertiary/aromatic N) is 5. The molecule has 0 atom stereocenters. The number of nitriles is 1. The summed E-state index contributed by atoms with van der Waals surface area (Å²) < 4.78 is 3.40. The first-order valence-corrected chi connectivity index (χ1v) is 8.38. The number of pyridine rings is 1. The van der Waals surface area contributed by atoms with Crippen LogP contribution in [0, 0.1) is 18.3 Å². The highest BCUT2D eigenvalue weighted by Crippen LogP contribution is 2.34. The summed E-state index contributed by atoms with van der Waals surface area (Å²) >= 11 is 1.57. The van der Waals surface area contributed by atoms with E-state index in [1.54, 1.807) is 42.4 Å². The zero-order valence-electron chi connectivity index (χ0n) is 14.1. The molecule has 0 aliphatic heterocycles. The van der Waals surface area contributed by atoms with Crippen LogP contribution in [0.4, 0.5) is 0 Å². The second-order valence-electron chi connectivity index (χ2n) is 5.64. The number of aryl methyl sites for hydroxylation is 1. The molecule has 25 heavy (non-hydrogen) atoms. The highest BCUT2D eigenvalue weighted by atomic mass is 32.2. The molecule has 0 aliphatic rings. The van der Waals surface area contributed by atoms with Crippen LogP contribution in [-0.2, 0) is 0 Å². The minimum absolute atomic E-state index is 0.0303. The third kappa shape index (κ3) is 3.50. The predicted molar refractivity (Wildman–Crippen MR) is 97.5 cm³/mol. The Balaban J connectivity index is 1.97. The summed E-state index contributed by atoms with van der Waals surface area (Å²) in [6, 6.07) is 12.9. The maximum Gasteiger partial charge on any atom is 0.223 e. The van der Waals surface area contributed by atoms with Gasteiger partial charge in [-0.25, -0.2) is 4.98 Å². The molecule has 2 heterocycles. The van der Waals surface area contributed by atoms with Gasteiger partial charge in [-0.1, -0.05) is 12.1 Å². The van der Waals surface area contributed by atoms with E-state index in [9.17, 15) is 5.11 Å².